The molecule has 2 rings (SSSR count). The molecule has 8 heteroatoms. The van der Waals surface area contributed by atoms with Crippen molar-refractivity contribution < 1.29 is 4.79 Å². The molecule has 2 aromatic rings. The third-order valence-corrected chi connectivity index (χ3v) is 5.12. The van der Waals surface area contributed by atoms with E-state index in [1.807, 2.05) is 62.9 Å². The molecule has 170 valence electrons. The smallest absolute Gasteiger partial charge is 0.330 e. The molecule has 0 fully saturated rings. The molecule has 1 amide bonds. The quantitative estimate of drug-likeness (QED) is 0.571. The highest BCUT2D eigenvalue weighted by Crippen LogP contribution is 2.19. The van der Waals surface area contributed by atoms with Gasteiger partial charge >= 0.3 is 5.69 Å². The summed E-state index contributed by atoms with van der Waals surface area (Å²) in [4.78, 5) is 44.1. The molecule has 1 aromatic heterocycles. The number of carbonyl (C=O) groups excluding carboxylic acids is 1. The van der Waals surface area contributed by atoms with Gasteiger partial charge in [0.15, 0.2) is 5.69 Å². The van der Waals surface area contributed by atoms with E-state index < -0.39 is 11.2 Å². The molecule has 0 saturated heterocycles. The van der Waals surface area contributed by atoms with Crippen LogP contribution in [0.1, 0.15) is 46.1 Å². The van der Waals surface area contributed by atoms with Crippen LogP contribution in [0.25, 0.3) is 0 Å². The van der Waals surface area contributed by atoms with E-state index in [0.29, 0.717) is 26.2 Å². The van der Waals surface area contributed by atoms with Crippen LogP contribution in [0.4, 0.5) is 11.5 Å². The first-order valence-electron chi connectivity index (χ1n) is 11.0. The number of nitrogens with two attached hydrogens (primary N) is 1. The molecule has 0 spiro atoms. The zero-order valence-corrected chi connectivity index (χ0v) is 19.1. The first-order valence-corrected chi connectivity index (χ1v) is 11.0. The Morgan fingerprint density at radius 2 is 1.84 bits per heavy atom. The fraction of sp³-hybridized carbons (Fsp3) is 0.522. The van der Waals surface area contributed by atoms with Crippen LogP contribution in [0.15, 0.2) is 39.9 Å². The van der Waals surface area contributed by atoms with E-state index in [2.05, 4.69) is 4.98 Å². The van der Waals surface area contributed by atoms with Crippen LogP contribution in [0.2, 0.25) is 0 Å². The molecular weight excluding hydrogens is 394 g/mol. The molecule has 0 saturated carbocycles. The molecule has 0 atom stereocenters. The average Bonchev–Trinajstić information content (AvgIpc) is 2.73. The summed E-state index contributed by atoms with van der Waals surface area (Å²) >= 11 is 0. The molecular formula is C23H35N5O3. The van der Waals surface area contributed by atoms with Gasteiger partial charge in [-0.2, -0.15) is 0 Å². The number of rotatable bonds is 11. The maximum absolute atomic E-state index is 13.3. The van der Waals surface area contributed by atoms with Crippen molar-refractivity contribution in [1.82, 2.24) is 14.5 Å². The molecule has 0 aliphatic rings. The zero-order valence-electron chi connectivity index (χ0n) is 19.1. The van der Waals surface area contributed by atoms with Gasteiger partial charge in [-0.1, -0.05) is 64.4 Å². The molecule has 1 heterocycles. The largest absolute Gasteiger partial charge is 0.383 e. The summed E-state index contributed by atoms with van der Waals surface area (Å²) in [6.07, 6.45) is 1.58. The Balaban J connectivity index is 2.37. The Hall–Kier alpha value is -2.87. The highest BCUT2D eigenvalue weighted by molar-refractivity contribution is 5.96. The number of benzene rings is 1. The van der Waals surface area contributed by atoms with Gasteiger partial charge in [-0.15, -0.1) is 0 Å². The molecule has 0 radical (unpaired) electrons. The Labute approximate surface area is 183 Å². The lowest BCUT2D eigenvalue weighted by Crippen LogP contribution is -2.45. The van der Waals surface area contributed by atoms with Gasteiger partial charge in [-0.25, -0.2) is 4.79 Å². The number of H-pyrrole nitrogens is 1. The van der Waals surface area contributed by atoms with Crippen LogP contribution in [-0.2, 0) is 17.9 Å². The highest BCUT2D eigenvalue weighted by Gasteiger charge is 2.25. The van der Waals surface area contributed by atoms with Crippen LogP contribution < -0.4 is 21.9 Å². The number of nitrogens with zero attached hydrogens (tertiary/aromatic N) is 3. The van der Waals surface area contributed by atoms with Gasteiger partial charge in [-0.3, -0.25) is 24.0 Å². The Bertz CT molecular complexity index is 965. The van der Waals surface area contributed by atoms with Crippen molar-refractivity contribution in [1.29, 1.82) is 0 Å². The minimum atomic E-state index is -0.627. The maximum Gasteiger partial charge on any atom is 0.330 e. The summed E-state index contributed by atoms with van der Waals surface area (Å²) in [6.45, 7) is 10.1. The number of anilines is 2. The van der Waals surface area contributed by atoms with Crippen molar-refractivity contribution >= 4 is 17.4 Å². The normalized spacial score (nSPS) is 11.3. The highest BCUT2D eigenvalue weighted by atomic mass is 16.2. The monoisotopic (exact) mass is 429 g/mol. The minimum absolute atomic E-state index is 0.0398. The van der Waals surface area contributed by atoms with Crippen LogP contribution >= 0.6 is 0 Å². The lowest BCUT2D eigenvalue weighted by molar-refractivity contribution is -0.119. The van der Waals surface area contributed by atoms with Crippen molar-refractivity contribution in [2.75, 3.05) is 30.3 Å². The molecule has 0 aliphatic carbocycles. The number of nitrogen functional groups attached to an aromatic ring is 1. The lowest BCUT2D eigenvalue weighted by Gasteiger charge is -2.28. The standard InChI is InChI=1S/C23H35N5O3/c1-5-7-13-27(19(29)16-26(6-2)15-18-11-9-8-10-12-18)20-21(24)28(14-17(3)4)23(31)25-22(20)30/h8-12,17H,5-7,13-16,24H2,1-4H3,(H,25,30,31). The minimum Gasteiger partial charge on any atom is -0.383 e. The average molecular weight is 430 g/mol. The summed E-state index contributed by atoms with van der Waals surface area (Å²) in [6, 6.07) is 9.94. The Morgan fingerprint density at radius 1 is 1.16 bits per heavy atom. The molecule has 31 heavy (non-hydrogen) atoms. The van der Waals surface area contributed by atoms with E-state index in [-0.39, 0.29) is 29.9 Å². The van der Waals surface area contributed by atoms with E-state index in [1.165, 1.54) is 9.47 Å². The molecule has 1 aromatic carbocycles. The number of carbonyl (C=O) groups is 1. The van der Waals surface area contributed by atoms with Gasteiger partial charge in [0.2, 0.25) is 5.91 Å². The zero-order chi connectivity index (χ0) is 23.0. The SMILES string of the molecule is CCCCN(C(=O)CN(CC)Cc1ccccc1)c1c(N)n(CC(C)C)c(=O)[nH]c1=O. The fourth-order valence-corrected chi connectivity index (χ4v) is 3.46. The van der Waals surface area contributed by atoms with Crippen LogP contribution in [0.3, 0.4) is 0 Å². The maximum atomic E-state index is 13.3. The van der Waals surface area contributed by atoms with Crippen molar-refractivity contribution in [3.63, 3.8) is 0 Å². The van der Waals surface area contributed by atoms with Gasteiger partial charge in [0.05, 0.1) is 6.54 Å². The first-order chi connectivity index (χ1) is 14.8. The summed E-state index contributed by atoms with van der Waals surface area (Å²) in [5.74, 6) is -0.0174. The number of likely N-dealkylation sites (N-methyl/N-ethyl adjacent to an activating group) is 1. The number of aromatic amines is 1. The topological polar surface area (TPSA) is 104 Å². The molecule has 8 nitrogen and oxygen atoms in total. The van der Waals surface area contributed by atoms with E-state index in [4.69, 9.17) is 5.73 Å². The van der Waals surface area contributed by atoms with E-state index in [9.17, 15) is 14.4 Å². The van der Waals surface area contributed by atoms with Crippen LogP contribution in [0.5, 0.6) is 0 Å². The van der Waals surface area contributed by atoms with Crippen LogP contribution in [0, 0.1) is 5.92 Å². The summed E-state index contributed by atoms with van der Waals surface area (Å²) in [7, 11) is 0. The van der Waals surface area contributed by atoms with Gasteiger partial charge in [0.1, 0.15) is 5.82 Å². The second-order valence-corrected chi connectivity index (χ2v) is 8.19. The summed E-state index contributed by atoms with van der Waals surface area (Å²) in [5, 5.41) is 0. The van der Waals surface area contributed by atoms with Crippen LogP contribution in [-0.4, -0.2) is 40.0 Å². The van der Waals surface area contributed by atoms with Gasteiger partial charge < -0.3 is 10.6 Å². The number of unbranched alkanes of at least 4 members (excludes halogenated alkanes) is 1. The predicted octanol–water partition coefficient (Wildman–Crippen LogP) is 2.43. The van der Waals surface area contributed by atoms with Crippen molar-refractivity contribution in [3.05, 3.63) is 56.7 Å². The third kappa shape index (κ3) is 6.55. The molecule has 0 bridgehead atoms. The molecule has 0 aliphatic heterocycles. The second-order valence-electron chi connectivity index (χ2n) is 8.19. The first kappa shape index (κ1) is 24.4. The van der Waals surface area contributed by atoms with E-state index >= 15 is 0 Å². The summed E-state index contributed by atoms with van der Waals surface area (Å²) < 4.78 is 1.34. The Morgan fingerprint density at radius 3 is 2.42 bits per heavy atom. The Kier molecular flexibility index (Phi) is 9.05. The number of nitrogens with one attached hydrogen (secondary N) is 1. The fourth-order valence-electron chi connectivity index (χ4n) is 3.46. The number of hydrogen-bond donors (Lipinski definition) is 2. The molecule has 0 unspecified atom stereocenters. The third-order valence-electron chi connectivity index (χ3n) is 5.12. The lowest BCUT2D eigenvalue weighted by atomic mass is 10.2. The van der Waals surface area contributed by atoms with Crippen molar-refractivity contribution in [2.24, 2.45) is 5.92 Å². The van der Waals surface area contributed by atoms with Gasteiger partial charge in [0, 0.05) is 19.6 Å². The number of aromatic nitrogens is 2. The van der Waals surface area contributed by atoms with Crippen molar-refractivity contribution in [3.8, 4) is 0 Å². The van der Waals surface area contributed by atoms with Gasteiger partial charge in [-0.05, 0) is 24.4 Å². The number of amides is 1. The van der Waals surface area contributed by atoms with E-state index in [1.54, 1.807) is 0 Å². The second kappa shape index (κ2) is 11.5. The summed E-state index contributed by atoms with van der Waals surface area (Å²) in [5.41, 5.74) is 6.26. The van der Waals surface area contributed by atoms with Gasteiger partial charge in [0.25, 0.3) is 5.56 Å². The van der Waals surface area contributed by atoms with E-state index in [0.717, 1.165) is 18.4 Å². The molecule has 3 N–H and O–H groups in total. The number of hydrogen-bond acceptors (Lipinski definition) is 5. The predicted molar refractivity (Wildman–Crippen MR) is 125 cm³/mol. The van der Waals surface area contributed by atoms with Crippen molar-refractivity contribution in [2.45, 2.75) is 53.6 Å².